The molecule has 2 heterocycles. The lowest BCUT2D eigenvalue weighted by molar-refractivity contribution is -0.153. The highest BCUT2D eigenvalue weighted by molar-refractivity contribution is 6.09. The summed E-state index contributed by atoms with van der Waals surface area (Å²) in [6, 6.07) is 17.9. The van der Waals surface area contributed by atoms with Gasteiger partial charge in [-0.15, -0.1) is 0 Å². The van der Waals surface area contributed by atoms with Crippen LogP contribution in [0.5, 0.6) is 5.75 Å². The number of anilines is 1. The number of phenols is 1. The van der Waals surface area contributed by atoms with Gasteiger partial charge in [0, 0.05) is 12.1 Å². The SMILES string of the molecule is CCCCN1C(=O)[C@H](C(=O)OCC)[C@H](c2c(O)ccc3ccccc23)n2c1nc1ccccc12. The van der Waals surface area contributed by atoms with Crippen LogP contribution in [0, 0.1) is 5.92 Å². The predicted octanol–water partition coefficient (Wildman–Crippen LogP) is 4.81. The first-order valence-electron chi connectivity index (χ1n) is 11.7. The number of esters is 1. The van der Waals surface area contributed by atoms with Gasteiger partial charge in [-0.3, -0.25) is 14.5 Å². The van der Waals surface area contributed by atoms with Gasteiger partial charge >= 0.3 is 5.97 Å². The van der Waals surface area contributed by atoms with Crippen molar-refractivity contribution in [2.45, 2.75) is 32.7 Å². The van der Waals surface area contributed by atoms with Gasteiger partial charge in [-0.2, -0.15) is 0 Å². The molecule has 0 saturated heterocycles. The van der Waals surface area contributed by atoms with E-state index in [4.69, 9.17) is 9.72 Å². The van der Waals surface area contributed by atoms with Gasteiger partial charge in [-0.1, -0.05) is 55.8 Å². The molecule has 1 aliphatic rings. The van der Waals surface area contributed by atoms with E-state index < -0.39 is 17.9 Å². The highest BCUT2D eigenvalue weighted by Gasteiger charge is 2.48. The molecule has 3 aromatic carbocycles. The third-order valence-corrected chi connectivity index (χ3v) is 6.46. The van der Waals surface area contributed by atoms with E-state index in [2.05, 4.69) is 6.92 Å². The molecule has 4 aromatic rings. The summed E-state index contributed by atoms with van der Waals surface area (Å²) in [4.78, 5) is 33.6. The van der Waals surface area contributed by atoms with Gasteiger partial charge < -0.3 is 14.4 Å². The maximum Gasteiger partial charge on any atom is 0.321 e. The van der Waals surface area contributed by atoms with Crippen LogP contribution < -0.4 is 4.90 Å². The fraction of sp³-hybridized carbons (Fsp3) is 0.296. The van der Waals surface area contributed by atoms with Crippen molar-refractivity contribution < 1.29 is 19.4 Å². The van der Waals surface area contributed by atoms with Crippen LogP contribution in [0.4, 0.5) is 5.95 Å². The van der Waals surface area contributed by atoms with E-state index in [-0.39, 0.29) is 18.3 Å². The molecule has 2 atom stereocenters. The molecular formula is C27H27N3O4. The fourth-order valence-corrected chi connectivity index (χ4v) is 4.93. The summed E-state index contributed by atoms with van der Waals surface area (Å²) in [7, 11) is 0. The van der Waals surface area contributed by atoms with Crippen LogP contribution in [0.25, 0.3) is 21.8 Å². The summed E-state index contributed by atoms with van der Waals surface area (Å²) in [6.45, 7) is 4.38. The zero-order valence-corrected chi connectivity index (χ0v) is 19.3. The molecule has 1 amide bonds. The average Bonchev–Trinajstić information content (AvgIpc) is 3.22. The third kappa shape index (κ3) is 3.39. The van der Waals surface area contributed by atoms with Gasteiger partial charge in [-0.05, 0) is 42.3 Å². The van der Waals surface area contributed by atoms with Crippen LogP contribution in [0.15, 0.2) is 60.7 Å². The van der Waals surface area contributed by atoms with Gasteiger partial charge in [-0.25, -0.2) is 4.98 Å². The van der Waals surface area contributed by atoms with E-state index in [9.17, 15) is 14.7 Å². The Balaban J connectivity index is 1.86. The summed E-state index contributed by atoms with van der Waals surface area (Å²) in [5.74, 6) is -1.60. The van der Waals surface area contributed by atoms with Crippen molar-refractivity contribution in [3.8, 4) is 5.75 Å². The molecule has 0 saturated carbocycles. The van der Waals surface area contributed by atoms with Crippen molar-refractivity contribution in [3.63, 3.8) is 0 Å². The predicted molar refractivity (Wildman–Crippen MR) is 131 cm³/mol. The molecule has 174 valence electrons. The van der Waals surface area contributed by atoms with Crippen LogP contribution in [0.1, 0.15) is 38.3 Å². The van der Waals surface area contributed by atoms with Crippen molar-refractivity contribution in [2.24, 2.45) is 5.92 Å². The molecule has 1 N–H and O–H groups in total. The van der Waals surface area contributed by atoms with E-state index in [0.29, 0.717) is 18.1 Å². The Bertz CT molecular complexity index is 1390. The molecule has 34 heavy (non-hydrogen) atoms. The van der Waals surface area contributed by atoms with E-state index in [1.165, 1.54) is 0 Å². The number of benzene rings is 3. The van der Waals surface area contributed by atoms with Gasteiger partial charge in [0.15, 0.2) is 5.92 Å². The quantitative estimate of drug-likeness (QED) is 0.332. The minimum atomic E-state index is -1.15. The third-order valence-electron chi connectivity index (χ3n) is 6.46. The van der Waals surface area contributed by atoms with Crippen molar-refractivity contribution in [1.29, 1.82) is 0 Å². The largest absolute Gasteiger partial charge is 0.508 e. The normalized spacial score (nSPS) is 17.8. The molecule has 1 aromatic heterocycles. The number of carbonyl (C=O) groups excluding carboxylic acids is 2. The molecular weight excluding hydrogens is 430 g/mol. The number of aromatic nitrogens is 2. The first kappa shape index (κ1) is 21.9. The summed E-state index contributed by atoms with van der Waals surface area (Å²) in [5.41, 5.74) is 2.03. The second-order valence-corrected chi connectivity index (χ2v) is 8.51. The number of nitrogens with zero attached hydrogens (tertiary/aromatic N) is 3. The monoisotopic (exact) mass is 457 g/mol. The molecule has 0 radical (unpaired) electrons. The lowest BCUT2D eigenvalue weighted by atomic mass is 9.86. The number of imidazole rings is 1. The van der Waals surface area contributed by atoms with Crippen molar-refractivity contribution in [1.82, 2.24) is 9.55 Å². The molecule has 7 nitrogen and oxygen atoms in total. The lowest BCUT2D eigenvalue weighted by Crippen LogP contribution is -2.50. The van der Waals surface area contributed by atoms with Crippen LogP contribution in [0.3, 0.4) is 0 Å². The van der Waals surface area contributed by atoms with Gasteiger partial charge in [0.2, 0.25) is 11.9 Å². The zero-order valence-electron chi connectivity index (χ0n) is 19.3. The Morgan fingerprint density at radius 2 is 1.82 bits per heavy atom. The molecule has 0 unspecified atom stereocenters. The highest BCUT2D eigenvalue weighted by atomic mass is 16.5. The maximum absolute atomic E-state index is 13.9. The Morgan fingerprint density at radius 1 is 1.06 bits per heavy atom. The number of unbranched alkanes of at least 4 members (excludes halogenated alkanes) is 1. The zero-order chi connectivity index (χ0) is 23.8. The Morgan fingerprint density at radius 3 is 2.62 bits per heavy atom. The molecule has 0 aliphatic carbocycles. The summed E-state index contributed by atoms with van der Waals surface area (Å²) >= 11 is 0. The Hall–Kier alpha value is -3.87. The summed E-state index contributed by atoms with van der Waals surface area (Å²) in [5, 5.41) is 12.8. The van der Waals surface area contributed by atoms with Crippen LogP contribution in [0.2, 0.25) is 0 Å². The first-order chi connectivity index (χ1) is 16.6. The maximum atomic E-state index is 13.9. The van der Waals surface area contributed by atoms with E-state index in [1.807, 2.05) is 59.2 Å². The molecule has 1 aliphatic heterocycles. The number of hydrogen-bond donors (Lipinski definition) is 1. The number of carbonyl (C=O) groups is 2. The average molecular weight is 458 g/mol. The smallest absolute Gasteiger partial charge is 0.321 e. The topological polar surface area (TPSA) is 84.7 Å². The molecule has 0 spiro atoms. The lowest BCUT2D eigenvalue weighted by Gasteiger charge is -2.38. The number of phenolic OH excluding ortho intramolecular Hbond substituents is 1. The Kier molecular flexibility index (Phi) is 5.69. The minimum absolute atomic E-state index is 0.0246. The second-order valence-electron chi connectivity index (χ2n) is 8.51. The first-order valence-corrected chi connectivity index (χ1v) is 11.7. The van der Waals surface area contributed by atoms with E-state index in [0.717, 1.165) is 34.6 Å². The van der Waals surface area contributed by atoms with E-state index in [1.54, 1.807) is 17.9 Å². The van der Waals surface area contributed by atoms with Gasteiger partial charge in [0.05, 0.1) is 23.7 Å². The molecule has 0 fully saturated rings. The second kappa shape index (κ2) is 8.82. The molecule has 5 rings (SSSR count). The van der Waals surface area contributed by atoms with Gasteiger partial charge in [0.1, 0.15) is 5.75 Å². The highest BCUT2D eigenvalue weighted by Crippen LogP contribution is 2.46. The number of hydrogen-bond acceptors (Lipinski definition) is 5. The van der Waals surface area contributed by atoms with Crippen LogP contribution in [-0.4, -0.2) is 39.7 Å². The molecule has 7 heteroatoms. The van der Waals surface area contributed by atoms with Crippen molar-refractivity contribution in [3.05, 3.63) is 66.2 Å². The number of rotatable bonds is 6. The fourth-order valence-electron chi connectivity index (χ4n) is 4.93. The van der Waals surface area contributed by atoms with E-state index >= 15 is 0 Å². The molecule has 0 bridgehead atoms. The minimum Gasteiger partial charge on any atom is -0.508 e. The number of para-hydroxylation sites is 2. The van der Waals surface area contributed by atoms with Crippen LogP contribution >= 0.6 is 0 Å². The van der Waals surface area contributed by atoms with Crippen LogP contribution in [-0.2, 0) is 14.3 Å². The Labute approximate surface area is 197 Å². The number of fused-ring (bicyclic) bond motifs is 4. The summed E-state index contributed by atoms with van der Waals surface area (Å²) in [6.07, 6.45) is 1.66. The van der Waals surface area contributed by atoms with Crippen molar-refractivity contribution in [2.75, 3.05) is 18.1 Å². The number of aromatic hydroxyl groups is 1. The summed E-state index contributed by atoms with van der Waals surface area (Å²) < 4.78 is 7.34. The number of amides is 1. The van der Waals surface area contributed by atoms with Crippen molar-refractivity contribution >= 4 is 39.6 Å². The van der Waals surface area contributed by atoms with Gasteiger partial charge in [0.25, 0.3) is 0 Å². The number of ether oxygens (including phenoxy) is 1. The standard InChI is InChI=1S/C27H27N3O4/c1-3-5-16-29-25(32)23(26(33)34-4-2)24(30-20-13-9-8-12-19(20)28-27(29)30)22-18-11-7-6-10-17(18)14-15-21(22)31/h6-15,23-24,31H,3-5,16H2,1-2H3/t23-,24+/m1/s1.